The number of ether oxygens (including phenoxy) is 1. The molecule has 6 rings (SSSR count). The van der Waals surface area contributed by atoms with Crippen molar-refractivity contribution in [1.82, 2.24) is 29.7 Å². The molecule has 0 radical (unpaired) electrons. The number of fused-ring (bicyclic) bond motifs is 6. The van der Waals surface area contributed by atoms with Gasteiger partial charge in [-0.1, -0.05) is 37.3 Å². The molecule has 5 heterocycles. The van der Waals surface area contributed by atoms with E-state index in [4.69, 9.17) is 14.7 Å². The Morgan fingerprint density at radius 3 is 2.87 bits per heavy atom. The van der Waals surface area contributed by atoms with Gasteiger partial charge in [0, 0.05) is 30.1 Å². The Morgan fingerprint density at radius 1 is 1.10 bits per heavy atom. The molecule has 0 spiro atoms. The minimum atomic E-state index is -0.381. The number of pyridine rings is 1. The molecule has 31 heavy (non-hydrogen) atoms. The van der Waals surface area contributed by atoms with Crippen molar-refractivity contribution in [3.05, 3.63) is 67.1 Å². The highest BCUT2D eigenvalue weighted by Gasteiger charge is 2.48. The number of aromatic nitrogens is 6. The van der Waals surface area contributed by atoms with Gasteiger partial charge in [-0.3, -0.25) is 9.55 Å². The lowest BCUT2D eigenvalue weighted by molar-refractivity contribution is 0.0391. The predicted octanol–water partition coefficient (Wildman–Crippen LogP) is 3.24. The van der Waals surface area contributed by atoms with Crippen LogP contribution in [-0.2, 0) is 10.3 Å². The summed E-state index contributed by atoms with van der Waals surface area (Å²) >= 11 is 0. The number of hydrogen-bond acceptors (Lipinski definition) is 7. The van der Waals surface area contributed by atoms with Crippen molar-refractivity contribution in [1.29, 1.82) is 0 Å². The van der Waals surface area contributed by atoms with E-state index in [0.717, 1.165) is 47.0 Å². The lowest BCUT2D eigenvalue weighted by Crippen LogP contribution is -2.58. The first-order chi connectivity index (χ1) is 15.3. The maximum Gasteiger partial charge on any atom is 0.165 e. The molecule has 0 saturated carbocycles. The Bertz CT molecular complexity index is 1260. The molecule has 8 heteroatoms. The SMILES string of the molecule is CC[C@@]12COCCN1c1nc(-c3ccncc3-c3ccccc3)ncc1-n1cnnc12. The van der Waals surface area contributed by atoms with Crippen LogP contribution in [0.1, 0.15) is 19.2 Å². The molecule has 1 atom stereocenters. The van der Waals surface area contributed by atoms with Crippen LogP contribution in [-0.4, -0.2) is 49.5 Å². The van der Waals surface area contributed by atoms with E-state index in [1.165, 1.54) is 0 Å². The molecule has 0 amide bonds. The van der Waals surface area contributed by atoms with Crippen LogP contribution in [0.4, 0.5) is 5.82 Å². The molecule has 1 fully saturated rings. The summed E-state index contributed by atoms with van der Waals surface area (Å²) in [6.07, 6.45) is 8.11. The van der Waals surface area contributed by atoms with E-state index in [1.54, 1.807) is 12.5 Å². The maximum atomic E-state index is 5.89. The zero-order valence-electron chi connectivity index (χ0n) is 17.1. The highest BCUT2D eigenvalue weighted by atomic mass is 16.5. The van der Waals surface area contributed by atoms with Crippen LogP contribution in [0.2, 0.25) is 0 Å². The minimum Gasteiger partial charge on any atom is -0.377 e. The fourth-order valence-corrected chi connectivity index (χ4v) is 4.66. The highest BCUT2D eigenvalue weighted by molar-refractivity contribution is 5.80. The van der Waals surface area contributed by atoms with Crippen LogP contribution >= 0.6 is 0 Å². The quantitative estimate of drug-likeness (QED) is 0.512. The minimum absolute atomic E-state index is 0.381. The summed E-state index contributed by atoms with van der Waals surface area (Å²) in [7, 11) is 0. The van der Waals surface area contributed by atoms with E-state index in [9.17, 15) is 0 Å². The van der Waals surface area contributed by atoms with Crippen LogP contribution < -0.4 is 4.90 Å². The summed E-state index contributed by atoms with van der Waals surface area (Å²) in [5.74, 6) is 2.44. The highest BCUT2D eigenvalue weighted by Crippen LogP contribution is 2.44. The Kier molecular flexibility index (Phi) is 4.07. The zero-order chi connectivity index (χ0) is 20.8. The first kappa shape index (κ1) is 18.1. The lowest BCUT2D eigenvalue weighted by atomic mass is 9.90. The number of anilines is 1. The van der Waals surface area contributed by atoms with Gasteiger partial charge in [-0.2, -0.15) is 0 Å². The Morgan fingerprint density at radius 2 is 2.00 bits per heavy atom. The fraction of sp³-hybridized carbons (Fsp3) is 0.261. The van der Waals surface area contributed by atoms with Gasteiger partial charge in [0.15, 0.2) is 17.5 Å². The second-order valence-electron chi connectivity index (χ2n) is 7.80. The van der Waals surface area contributed by atoms with Gasteiger partial charge in [0.1, 0.15) is 17.6 Å². The van der Waals surface area contributed by atoms with Gasteiger partial charge in [0.2, 0.25) is 0 Å². The van der Waals surface area contributed by atoms with Crippen LogP contribution in [0.15, 0.2) is 61.3 Å². The largest absolute Gasteiger partial charge is 0.377 e. The molecule has 1 saturated heterocycles. The van der Waals surface area contributed by atoms with Crippen LogP contribution in [0.25, 0.3) is 28.2 Å². The standard InChI is InChI=1S/C23H21N7O/c1-2-23-14-31-11-10-30(23)21-19(29-15-26-28-22(23)29)13-25-20(27-21)17-8-9-24-12-18(17)16-6-4-3-5-7-16/h3-9,12-13,15H,2,10-11,14H2,1H3/t23-/m0/s1. The van der Waals surface area contributed by atoms with Gasteiger partial charge < -0.3 is 9.64 Å². The molecule has 4 aromatic rings. The Hall–Kier alpha value is -3.65. The molecule has 2 aliphatic heterocycles. The summed E-state index contributed by atoms with van der Waals surface area (Å²) in [6, 6.07) is 12.2. The number of hydrogen-bond donors (Lipinski definition) is 0. The van der Waals surface area contributed by atoms with E-state index in [2.05, 4.69) is 39.1 Å². The smallest absolute Gasteiger partial charge is 0.165 e. The molecule has 0 aliphatic carbocycles. The average Bonchev–Trinajstić information content (AvgIpc) is 3.35. The topological polar surface area (TPSA) is 81.9 Å². The second kappa shape index (κ2) is 6.95. The monoisotopic (exact) mass is 411 g/mol. The summed E-state index contributed by atoms with van der Waals surface area (Å²) in [6.45, 7) is 4.11. The van der Waals surface area contributed by atoms with Gasteiger partial charge in [0.25, 0.3) is 0 Å². The normalized spacial score (nSPS) is 19.5. The first-order valence-corrected chi connectivity index (χ1v) is 10.4. The first-order valence-electron chi connectivity index (χ1n) is 10.4. The van der Waals surface area contributed by atoms with E-state index in [-0.39, 0.29) is 5.54 Å². The van der Waals surface area contributed by atoms with Gasteiger partial charge in [-0.15, -0.1) is 10.2 Å². The second-order valence-corrected chi connectivity index (χ2v) is 7.80. The molecule has 3 aromatic heterocycles. The van der Waals surface area contributed by atoms with Crippen LogP contribution in [0, 0.1) is 0 Å². The van der Waals surface area contributed by atoms with Crippen molar-refractivity contribution in [3.8, 4) is 28.2 Å². The van der Waals surface area contributed by atoms with E-state index >= 15 is 0 Å². The van der Waals surface area contributed by atoms with Gasteiger partial charge >= 0.3 is 0 Å². The molecule has 2 aliphatic rings. The van der Waals surface area contributed by atoms with Crippen molar-refractivity contribution in [2.45, 2.75) is 18.9 Å². The summed E-state index contributed by atoms with van der Waals surface area (Å²) in [4.78, 5) is 16.5. The predicted molar refractivity (Wildman–Crippen MR) is 116 cm³/mol. The van der Waals surface area contributed by atoms with Crippen molar-refractivity contribution < 1.29 is 4.74 Å². The van der Waals surface area contributed by atoms with Crippen molar-refractivity contribution in [3.63, 3.8) is 0 Å². The van der Waals surface area contributed by atoms with Crippen molar-refractivity contribution >= 4 is 5.82 Å². The molecule has 0 N–H and O–H groups in total. The van der Waals surface area contributed by atoms with Crippen LogP contribution in [0.3, 0.4) is 0 Å². The lowest BCUT2D eigenvalue weighted by Gasteiger charge is -2.49. The van der Waals surface area contributed by atoms with Crippen LogP contribution in [0.5, 0.6) is 0 Å². The third-order valence-electron chi connectivity index (χ3n) is 6.28. The fourth-order valence-electron chi connectivity index (χ4n) is 4.66. The maximum absolute atomic E-state index is 5.89. The zero-order valence-corrected chi connectivity index (χ0v) is 17.1. The Labute approximate surface area is 179 Å². The molecule has 8 nitrogen and oxygen atoms in total. The molecule has 154 valence electrons. The van der Waals surface area contributed by atoms with Gasteiger partial charge in [-0.25, -0.2) is 9.97 Å². The third-order valence-corrected chi connectivity index (χ3v) is 6.28. The molecule has 0 unspecified atom stereocenters. The summed E-state index contributed by atoms with van der Waals surface area (Å²) in [5, 5.41) is 8.63. The number of rotatable bonds is 3. The number of morpholine rings is 1. The average molecular weight is 411 g/mol. The number of nitrogens with zero attached hydrogens (tertiary/aromatic N) is 7. The molecule has 1 aromatic carbocycles. The van der Waals surface area contributed by atoms with Gasteiger partial charge in [0.05, 0.1) is 19.4 Å². The molecular formula is C23H21N7O. The number of benzene rings is 1. The third kappa shape index (κ3) is 2.61. The van der Waals surface area contributed by atoms with Gasteiger partial charge in [-0.05, 0) is 18.1 Å². The summed E-state index contributed by atoms with van der Waals surface area (Å²) < 4.78 is 7.89. The molecule has 0 bridgehead atoms. The van der Waals surface area contributed by atoms with E-state index < -0.39 is 0 Å². The van der Waals surface area contributed by atoms with Crippen molar-refractivity contribution in [2.24, 2.45) is 0 Å². The summed E-state index contributed by atoms with van der Waals surface area (Å²) in [5.41, 5.74) is 3.56. The molecular weight excluding hydrogens is 390 g/mol. The Balaban J connectivity index is 1.55. The van der Waals surface area contributed by atoms with E-state index in [0.29, 0.717) is 19.0 Å². The van der Waals surface area contributed by atoms with E-state index in [1.807, 2.05) is 41.2 Å². The van der Waals surface area contributed by atoms with Crippen molar-refractivity contribution in [2.75, 3.05) is 24.7 Å².